The zero-order valence-corrected chi connectivity index (χ0v) is 15.0. The highest BCUT2D eigenvalue weighted by Crippen LogP contribution is 2.21. The van der Waals surface area contributed by atoms with Gasteiger partial charge in [0.05, 0.1) is 6.20 Å². The topological polar surface area (TPSA) is 62.7 Å². The van der Waals surface area contributed by atoms with Crippen molar-refractivity contribution in [3.05, 3.63) is 65.4 Å². The maximum absolute atomic E-state index is 4.48. The summed E-state index contributed by atoms with van der Waals surface area (Å²) in [6, 6.07) is 14.6. The molecule has 25 heavy (non-hydrogen) atoms. The van der Waals surface area contributed by atoms with E-state index >= 15 is 0 Å². The second-order valence-corrected chi connectivity index (χ2v) is 6.57. The third-order valence-electron chi connectivity index (χ3n) is 3.89. The number of aryl methyl sites for hydroxylation is 2. The van der Waals surface area contributed by atoms with Crippen molar-refractivity contribution in [3.63, 3.8) is 0 Å². The second-order valence-electron chi connectivity index (χ2n) is 6.57. The van der Waals surface area contributed by atoms with E-state index in [-0.39, 0.29) is 0 Å². The van der Waals surface area contributed by atoms with Gasteiger partial charge in [-0.05, 0) is 60.7 Å². The first-order valence-corrected chi connectivity index (χ1v) is 8.41. The van der Waals surface area contributed by atoms with Crippen molar-refractivity contribution >= 4 is 23.1 Å². The summed E-state index contributed by atoms with van der Waals surface area (Å²) in [4.78, 5) is 4.48. The molecular weight excluding hydrogens is 310 g/mol. The molecule has 3 rings (SSSR count). The molecule has 5 nitrogen and oxygen atoms in total. The van der Waals surface area contributed by atoms with Crippen LogP contribution in [-0.4, -0.2) is 15.2 Å². The zero-order valence-electron chi connectivity index (χ0n) is 15.0. The SMILES string of the molecule is Cc1cc(C)cc(Nc2nncc(Nc3ccc(C(C)C)cc3)n2)c1. The van der Waals surface area contributed by atoms with Crippen LogP contribution >= 0.6 is 0 Å². The largest absolute Gasteiger partial charge is 0.339 e. The van der Waals surface area contributed by atoms with Crippen molar-refractivity contribution in [2.45, 2.75) is 33.6 Å². The number of anilines is 4. The first-order valence-electron chi connectivity index (χ1n) is 8.41. The van der Waals surface area contributed by atoms with Gasteiger partial charge < -0.3 is 10.6 Å². The zero-order chi connectivity index (χ0) is 17.8. The molecule has 0 unspecified atom stereocenters. The fraction of sp³-hybridized carbons (Fsp3) is 0.250. The molecule has 0 saturated heterocycles. The molecule has 0 radical (unpaired) electrons. The Morgan fingerprint density at radius 2 is 1.52 bits per heavy atom. The summed E-state index contributed by atoms with van der Waals surface area (Å²) in [7, 11) is 0. The van der Waals surface area contributed by atoms with Crippen LogP contribution in [0.3, 0.4) is 0 Å². The first-order chi connectivity index (χ1) is 12.0. The number of nitrogens with zero attached hydrogens (tertiary/aromatic N) is 3. The molecule has 0 amide bonds. The smallest absolute Gasteiger partial charge is 0.249 e. The third kappa shape index (κ3) is 4.53. The summed E-state index contributed by atoms with van der Waals surface area (Å²) in [5.41, 5.74) is 5.62. The van der Waals surface area contributed by atoms with Gasteiger partial charge in [-0.3, -0.25) is 0 Å². The number of aromatic nitrogens is 3. The van der Waals surface area contributed by atoms with Gasteiger partial charge in [-0.1, -0.05) is 32.0 Å². The molecule has 128 valence electrons. The lowest BCUT2D eigenvalue weighted by molar-refractivity contribution is 0.867. The Hall–Kier alpha value is -2.95. The van der Waals surface area contributed by atoms with Crippen LogP contribution in [0.2, 0.25) is 0 Å². The summed E-state index contributed by atoms with van der Waals surface area (Å²) in [6.07, 6.45) is 1.61. The van der Waals surface area contributed by atoms with Gasteiger partial charge in [0.25, 0.3) is 0 Å². The van der Waals surface area contributed by atoms with Crippen molar-refractivity contribution in [3.8, 4) is 0 Å². The van der Waals surface area contributed by atoms with Gasteiger partial charge >= 0.3 is 0 Å². The van der Waals surface area contributed by atoms with Crippen LogP contribution in [-0.2, 0) is 0 Å². The van der Waals surface area contributed by atoms with E-state index in [0.717, 1.165) is 11.4 Å². The molecule has 0 aliphatic heterocycles. The highest BCUT2D eigenvalue weighted by atomic mass is 15.3. The fourth-order valence-corrected chi connectivity index (χ4v) is 2.69. The summed E-state index contributed by atoms with van der Waals surface area (Å²) in [6.45, 7) is 8.50. The molecule has 0 aliphatic rings. The minimum Gasteiger partial charge on any atom is -0.339 e. The van der Waals surface area contributed by atoms with Crippen LogP contribution in [0, 0.1) is 13.8 Å². The van der Waals surface area contributed by atoms with Crippen LogP contribution in [0.1, 0.15) is 36.5 Å². The average molecular weight is 333 g/mol. The number of benzene rings is 2. The van der Waals surface area contributed by atoms with Crippen molar-refractivity contribution in [2.24, 2.45) is 0 Å². The van der Waals surface area contributed by atoms with E-state index in [9.17, 15) is 0 Å². The summed E-state index contributed by atoms with van der Waals surface area (Å²) in [5, 5.41) is 14.6. The number of hydrogen-bond acceptors (Lipinski definition) is 5. The molecule has 0 aliphatic carbocycles. The van der Waals surface area contributed by atoms with Crippen LogP contribution in [0.15, 0.2) is 48.7 Å². The van der Waals surface area contributed by atoms with Gasteiger partial charge in [0, 0.05) is 11.4 Å². The van der Waals surface area contributed by atoms with Crippen molar-refractivity contribution in [1.29, 1.82) is 0 Å². The molecule has 0 saturated carbocycles. The van der Waals surface area contributed by atoms with Gasteiger partial charge in [-0.2, -0.15) is 10.1 Å². The van der Waals surface area contributed by atoms with E-state index in [0.29, 0.717) is 17.7 Å². The van der Waals surface area contributed by atoms with E-state index in [1.807, 2.05) is 0 Å². The molecule has 0 atom stereocenters. The Morgan fingerprint density at radius 3 is 2.16 bits per heavy atom. The quantitative estimate of drug-likeness (QED) is 0.680. The van der Waals surface area contributed by atoms with E-state index in [2.05, 4.69) is 96.0 Å². The molecule has 1 aromatic heterocycles. The van der Waals surface area contributed by atoms with E-state index in [1.54, 1.807) is 6.20 Å². The van der Waals surface area contributed by atoms with Crippen LogP contribution in [0.5, 0.6) is 0 Å². The van der Waals surface area contributed by atoms with E-state index < -0.39 is 0 Å². The predicted molar refractivity (Wildman–Crippen MR) is 103 cm³/mol. The lowest BCUT2D eigenvalue weighted by Crippen LogP contribution is -2.02. The predicted octanol–water partition coefficient (Wildman–Crippen LogP) is 5.10. The Bertz CT molecular complexity index is 836. The van der Waals surface area contributed by atoms with Gasteiger partial charge in [0.1, 0.15) is 0 Å². The lowest BCUT2D eigenvalue weighted by atomic mass is 10.0. The Morgan fingerprint density at radius 1 is 0.840 bits per heavy atom. The van der Waals surface area contributed by atoms with Gasteiger partial charge in [-0.25, -0.2) is 0 Å². The molecule has 0 bridgehead atoms. The number of rotatable bonds is 5. The Balaban J connectivity index is 1.74. The molecule has 3 aromatic rings. The number of nitrogens with one attached hydrogen (secondary N) is 2. The van der Waals surface area contributed by atoms with Crippen molar-refractivity contribution < 1.29 is 0 Å². The summed E-state index contributed by atoms with van der Waals surface area (Å²) >= 11 is 0. The molecule has 5 heteroatoms. The molecule has 0 fully saturated rings. The Kier molecular flexibility index (Phi) is 4.93. The molecular formula is C20H23N5. The maximum Gasteiger partial charge on any atom is 0.249 e. The minimum atomic E-state index is 0.466. The third-order valence-corrected chi connectivity index (χ3v) is 3.89. The highest BCUT2D eigenvalue weighted by Gasteiger charge is 2.04. The first kappa shape index (κ1) is 16.9. The van der Waals surface area contributed by atoms with E-state index in [4.69, 9.17) is 0 Å². The van der Waals surface area contributed by atoms with Gasteiger partial charge in [0.2, 0.25) is 5.95 Å². The number of hydrogen-bond donors (Lipinski definition) is 2. The summed E-state index contributed by atoms with van der Waals surface area (Å²) < 4.78 is 0. The fourth-order valence-electron chi connectivity index (χ4n) is 2.69. The van der Waals surface area contributed by atoms with Crippen LogP contribution < -0.4 is 10.6 Å². The average Bonchev–Trinajstić information content (AvgIpc) is 2.54. The van der Waals surface area contributed by atoms with Crippen LogP contribution in [0.25, 0.3) is 0 Å². The molecule has 2 N–H and O–H groups in total. The Labute approximate surface area is 148 Å². The van der Waals surface area contributed by atoms with E-state index in [1.165, 1.54) is 16.7 Å². The second kappa shape index (κ2) is 7.30. The van der Waals surface area contributed by atoms with Gasteiger partial charge in [0.15, 0.2) is 5.82 Å². The lowest BCUT2D eigenvalue weighted by Gasteiger charge is -2.10. The standard InChI is InChI=1S/C20H23N5/c1-13(2)16-5-7-17(8-6-16)22-19-12-21-25-20(24-19)23-18-10-14(3)9-15(4)11-18/h5-13H,1-4H3,(H2,22,23,24,25). The highest BCUT2D eigenvalue weighted by molar-refractivity contribution is 5.59. The van der Waals surface area contributed by atoms with Crippen molar-refractivity contribution in [2.75, 3.05) is 10.6 Å². The maximum atomic E-state index is 4.48. The molecule has 0 spiro atoms. The summed E-state index contributed by atoms with van der Waals surface area (Å²) in [5.74, 6) is 1.64. The minimum absolute atomic E-state index is 0.466. The molecule has 2 aromatic carbocycles. The van der Waals surface area contributed by atoms with Crippen LogP contribution in [0.4, 0.5) is 23.1 Å². The normalized spacial score (nSPS) is 10.8. The molecule has 1 heterocycles. The van der Waals surface area contributed by atoms with Crippen molar-refractivity contribution in [1.82, 2.24) is 15.2 Å². The van der Waals surface area contributed by atoms with Gasteiger partial charge in [-0.15, -0.1) is 5.10 Å². The monoisotopic (exact) mass is 333 g/mol.